The summed E-state index contributed by atoms with van der Waals surface area (Å²) in [5.74, 6) is 0.899. The smallest absolute Gasteiger partial charge is 0.122 e. The van der Waals surface area contributed by atoms with Crippen LogP contribution in [0.15, 0.2) is 36.4 Å². The first-order valence-corrected chi connectivity index (χ1v) is 8.03. The molecule has 21 heavy (non-hydrogen) atoms. The molecule has 0 radical (unpaired) electrons. The fourth-order valence-electron chi connectivity index (χ4n) is 3.10. The lowest BCUT2D eigenvalue weighted by Crippen LogP contribution is -2.04. The van der Waals surface area contributed by atoms with Crippen molar-refractivity contribution in [3.63, 3.8) is 0 Å². The maximum Gasteiger partial charge on any atom is 0.122 e. The van der Waals surface area contributed by atoms with Gasteiger partial charge in [0.15, 0.2) is 0 Å². The molecule has 0 spiro atoms. The quantitative estimate of drug-likeness (QED) is 0.707. The third-order valence-electron chi connectivity index (χ3n) is 4.39. The maximum absolute atomic E-state index is 6.70. The Kier molecular flexibility index (Phi) is 4.21. The van der Waals surface area contributed by atoms with Crippen LogP contribution in [0, 0.1) is 6.92 Å². The molecule has 1 unspecified atom stereocenters. The summed E-state index contributed by atoms with van der Waals surface area (Å²) in [6.45, 7) is 2.05. The van der Waals surface area contributed by atoms with Crippen molar-refractivity contribution < 1.29 is 4.74 Å². The Bertz CT molecular complexity index is 648. The molecule has 2 aromatic carbocycles. The molecule has 0 amide bonds. The number of ether oxygens (including phenoxy) is 1. The second-order valence-corrected chi connectivity index (χ2v) is 6.26. The van der Waals surface area contributed by atoms with Gasteiger partial charge in [0.2, 0.25) is 0 Å². The minimum absolute atomic E-state index is 0.119. The fourth-order valence-corrected chi connectivity index (χ4v) is 3.37. The average Bonchev–Trinajstić information content (AvgIpc) is 2.54. The van der Waals surface area contributed by atoms with Gasteiger partial charge in [0.25, 0.3) is 0 Å². The molecule has 0 aliphatic heterocycles. The van der Waals surface area contributed by atoms with Crippen molar-refractivity contribution in [2.45, 2.75) is 38.0 Å². The first-order valence-electron chi connectivity index (χ1n) is 7.59. The number of rotatable bonds is 3. The van der Waals surface area contributed by atoms with Crippen molar-refractivity contribution in [1.29, 1.82) is 0 Å². The summed E-state index contributed by atoms with van der Waals surface area (Å²) in [5, 5.41) is -0.119. The van der Waals surface area contributed by atoms with E-state index in [1.54, 1.807) is 7.11 Å². The summed E-state index contributed by atoms with van der Waals surface area (Å²) in [6.07, 6.45) is 5.00. The zero-order chi connectivity index (χ0) is 14.8. The number of fused-ring (bicyclic) bond motifs is 1. The Morgan fingerprint density at radius 3 is 2.38 bits per heavy atom. The fraction of sp³-hybridized carbons (Fsp3) is 0.368. The molecule has 0 fully saturated rings. The van der Waals surface area contributed by atoms with Crippen molar-refractivity contribution in [3.05, 3.63) is 64.2 Å². The van der Waals surface area contributed by atoms with Gasteiger partial charge in [-0.15, -0.1) is 11.6 Å². The number of halogens is 1. The largest absolute Gasteiger partial charge is 0.496 e. The molecule has 2 aromatic rings. The van der Waals surface area contributed by atoms with E-state index >= 15 is 0 Å². The molecule has 2 heteroatoms. The summed E-state index contributed by atoms with van der Waals surface area (Å²) in [4.78, 5) is 0. The van der Waals surface area contributed by atoms with Crippen LogP contribution in [0.3, 0.4) is 0 Å². The summed E-state index contributed by atoms with van der Waals surface area (Å²) >= 11 is 6.70. The van der Waals surface area contributed by atoms with Gasteiger partial charge in [-0.25, -0.2) is 0 Å². The van der Waals surface area contributed by atoms with E-state index in [1.807, 2.05) is 13.0 Å². The number of methoxy groups -OCH3 is 1. The van der Waals surface area contributed by atoms with Crippen LogP contribution >= 0.6 is 11.6 Å². The molecule has 0 bridgehead atoms. The van der Waals surface area contributed by atoms with Crippen LogP contribution in [-0.4, -0.2) is 7.11 Å². The topological polar surface area (TPSA) is 9.23 Å². The van der Waals surface area contributed by atoms with E-state index < -0.39 is 0 Å². The van der Waals surface area contributed by atoms with E-state index in [2.05, 4.69) is 30.3 Å². The van der Waals surface area contributed by atoms with Crippen LogP contribution in [0.4, 0.5) is 0 Å². The molecule has 110 valence electrons. The van der Waals surface area contributed by atoms with Gasteiger partial charge in [-0.3, -0.25) is 0 Å². The summed E-state index contributed by atoms with van der Waals surface area (Å²) in [5.41, 5.74) is 6.38. The average molecular weight is 301 g/mol. The molecule has 1 atom stereocenters. The highest BCUT2D eigenvalue weighted by Gasteiger charge is 2.16. The SMILES string of the molecule is COc1cc(C(Cl)c2ccc3c(c2)CCCC3)ccc1C. The van der Waals surface area contributed by atoms with Crippen molar-refractivity contribution in [2.75, 3.05) is 7.11 Å². The van der Waals surface area contributed by atoms with Crippen molar-refractivity contribution in [2.24, 2.45) is 0 Å². The van der Waals surface area contributed by atoms with Crippen LogP contribution in [0.5, 0.6) is 5.75 Å². The Balaban J connectivity index is 1.92. The highest BCUT2D eigenvalue weighted by molar-refractivity contribution is 6.22. The molecular formula is C19H21ClO. The Hall–Kier alpha value is -1.47. The van der Waals surface area contributed by atoms with E-state index in [1.165, 1.54) is 42.4 Å². The molecule has 0 heterocycles. The van der Waals surface area contributed by atoms with E-state index in [0.717, 1.165) is 16.9 Å². The molecule has 1 aliphatic rings. The Labute approximate surface area is 131 Å². The molecule has 0 N–H and O–H groups in total. The van der Waals surface area contributed by atoms with Gasteiger partial charge < -0.3 is 4.74 Å². The number of alkyl halides is 1. The van der Waals surface area contributed by atoms with Crippen LogP contribution in [0.1, 0.15) is 46.0 Å². The Morgan fingerprint density at radius 1 is 0.952 bits per heavy atom. The summed E-state index contributed by atoms with van der Waals surface area (Å²) in [7, 11) is 1.70. The first-order chi connectivity index (χ1) is 10.2. The molecular weight excluding hydrogens is 280 g/mol. The van der Waals surface area contributed by atoms with Crippen molar-refractivity contribution >= 4 is 11.6 Å². The summed E-state index contributed by atoms with van der Waals surface area (Å²) < 4.78 is 5.40. The number of benzene rings is 2. The van der Waals surface area contributed by atoms with Crippen molar-refractivity contribution in [3.8, 4) is 5.75 Å². The second kappa shape index (κ2) is 6.11. The predicted molar refractivity (Wildman–Crippen MR) is 88.5 cm³/mol. The predicted octanol–water partition coefficient (Wildman–Crippen LogP) is 5.21. The summed E-state index contributed by atoms with van der Waals surface area (Å²) in [6, 6.07) is 12.9. The molecule has 1 nitrogen and oxygen atoms in total. The zero-order valence-corrected chi connectivity index (χ0v) is 13.4. The Morgan fingerprint density at radius 2 is 1.62 bits per heavy atom. The van der Waals surface area contributed by atoms with Crippen LogP contribution in [-0.2, 0) is 12.8 Å². The maximum atomic E-state index is 6.70. The van der Waals surface area contributed by atoms with Gasteiger partial charge in [0, 0.05) is 0 Å². The normalized spacial score (nSPS) is 15.4. The zero-order valence-electron chi connectivity index (χ0n) is 12.7. The van der Waals surface area contributed by atoms with Crippen LogP contribution < -0.4 is 4.74 Å². The van der Waals surface area contributed by atoms with Gasteiger partial charge in [-0.1, -0.05) is 30.3 Å². The van der Waals surface area contributed by atoms with Gasteiger partial charge in [-0.2, -0.15) is 0 Å². The minimum Gasteiger partial charge on any atom is -0.496 e. The number of hydrogen-bond donors (Lipinski definition) is 0. The molecule has 1 aliphatic carbocycles. The highest BCUT2D eigenvalue weighted by Crippen LogP contribution is 2.34. The molecule has 0 aromatic heterocycles. The van der Waals surface area contributed by atoms with E-state index in [9.17, 15) is 0 Å². The molecule has 0 saturated heterocycles. The highest BCUT2D eigenvalue weighted by atomic mass is 35.5. The lowest BCUT2D eigenvalue weighted by atomic mass is 9.89. The van der Waals surface area contributed by atoms with Gasteiger partial charge >= 0.3 is 0 Å². The number of aryl methyl sites for hydroxylation is 3. The van der Waals surface area contributed by atoms with E-state index in [-0.39, 0.29) is 5.38 Å². The third kappa shape index (κ3) is 2.94. The van der Waals surface area contributed by atoms with Crippen LogP contribution in [0.2, 0.25) is 0 Å². The standard InChI is InChI=1S/C19H21ClO/c1-13-7-8-17(12-18(13)21-2)19(20)16-10-9-14-5-3-4-6-15(14)11-16/h7-12,19H,3-6H2,1-2H3. The van der Waals surface area contributed by atoms with E-state index in [0.29, 0.717) is 0 Å². The molecule has 0 saturated carbocycles. The van der Waals surface area contributed by atoms with Crippen molar-refractivity contribution in [1.82, 2.24) is 0 Å². The van der Waals surface area contributed by atoms with Crippen LogP contribution in [0.25, 0.3) is 0 Å². The van der Waals surface area contributed by atoms with Gasteiger partial charge in [0.05, 0.1) is 12.5 Å². The van der Waals surface area contributed by atoms with Gasteiger partial charge in [0.1, 0.15) is 5.75 Å². The number of hydrogen-bond acceptors (Lipinski definition) is 1. The first kappa shape index (κ1) is 14.5. The second-order valence-electron chi connectivity index (χ2n) is 5.83. The molecule has 3 rings (SSSR count). The monoisotopic (exact) mass is 300 g/mol. The van der Waals surface area contributed by atoms with Gasteiger partial charge in [-0.05, 0) is 66.5 Å². The third-order valence-corrected chi connectivity index (χ3v) is 4.89. The lowest BCUT2D eigenvalue weighted by molar-refractivity contribution is 0.411. The lowest BCUT2D eigenvalue weighted by Gasteiger charge is -2.19. The van der Waals surface area contributed by atoms with E-state index in [4.69, 9.17) is 16.3 Å². The minimum atomic E-state index is -0.119.